The van der Waals surface area contributed by atoms with E-state index in [0.29, 0.717) is 6.54 Å². The van der Waals surface area contributed by atoms with Crippen LogP contribution in [-0.2, 0) is 15.8 Å². The minimum atomic E-state index is -3.27. The van der Waals surface area contributed by atoms with Crippen molar-refractivity contribution in [2.24, 2.45) is 0 Å². The van der Waals surface area contributed by atoms with Gasteiger partial charge in [-0.25, -0.2) is 13.1 Å². The van der Waals surface area contributed by atoms with Crippen molar-refractivity contribution in [1.29, 1.82) is 0 Å². The molecular formula is C16H26N2O3S. The van der Waals surface area contributed by atoms with Gasteiger partial charge in [0.2, 0.25) is 10.0 Å². The fraction of sp³-hybridized carbons (Fsp3) is 0.625. The van der Waals surface area contributed by atoms with Gasteiger partial charge >= 0.3 is 0 Å². The maximum absolute atomic E-state index is 12.0. The van der Waals surface area contributed by atoms with Gasteiger partial charge in [-0.2, -0.15) is 0 Å². The average molecular weight is 326 g/mol. The van der Waals surface area contributed by atoms with Crippen LogP contribution in [0.4, 0.5) is 0 Å². The molecule has 0 atom stereocenters. The lowest BCUT2D eigenvalue weighted by molar-refractivity contribution is 0.0823. The Bertz CT molecular complexity index is 567. The summed E-state index contributed by atoms with van der Waals surface area (Å²) >= 11 is 0. The van der Waals surface area contributed by atoms with E-state index in [1.807, 2.05) is 31.2 Å². The van der Waals surface area contributed by atoms with Crippen molar-refractivity contribution in [2.45, 2.75) is 38.0 Å². The van der Waals surface area contributed by atoms with Crippen molar-refractivity contribution in [3.05, 3.63) is 35.4 Å². The standard InChI is InChI=1S/C16H26N2O3S/c1-14-4-2-5-15(12-14)13-22(20,21)17-8-3-9-18-10-6-16(19)7-11-18/h2,4-5,12,16-17,19H,3,6-11,13H2,1H3. The first-order valence-corrected chi connectivity index (χ1v) is 9.53. The Morgan fingerprint density at radius 3 is 2.73 bits per heavy atom. The average Bonchev–Trinajstić information content (AvgIpc) is 2.45. The molecule has 1 aliphatic heterocycles. The van der Waals surface area contributed by atoms with E-state index in [1.54, 1.807) is 0 Å². The second kappa shape index (κ2) is 8.06. The van der Waals surface area contributed by atoms with Crippen LogP contribution in [-0.4, -0.2) is 50.7 Å². The highest BCUT2D eigenvalue weighted by molar-refractivity contribution is 7.88. The zero-order chi connectivity index (χ0) is 16.0. The van der Waals surface area contributed by atoms with Crippen LogP contribution < -0.4 is 4.72 Å². The van der Waals surface area contributed by atoms with E-state index < -0.39 is 10.0 Å². The van der Waals surface area contributed by atoms with E-state index >= 15 is 0 Å². The molecule has 6 heteroatoms. The summed E-state index contributed by atoms with van der Waals surface area (Å²) in [6, 6.07) is 7.58. The Morgan fingerprint density at radius 1 is 1.32 bits per heavy atom. The first kappa shape index (κ1) is 17.4. The number of aliphatic hydroxyl groups is 1. The molecule has 0 saturated carbocycles. The Morgan fingerprint density at radius 2 is 2.05 bits per heavy atom. The molecule has 5 nitrogen and oxygen atoms in total. The summed E-state index contributed by atoms with van der Waals surface area (Å²) in [6.45, 7) is 5.10. The normalized spacial score (nSPS) is 17.7. The lowest BCUT2D eigenvalue weighted by Crippen LogP contribution is -2.37. The number of nitrogens with zero attached hydrogens (tertiary/aromatic N) is 1. The SMILES string of the molecule is Cc1cccc(CS(=O)(=O)NCCCN2CCC(O)CC2)c1. The first-order chi connectivity index (χ1) is 10.4. The highest BCUT2D eigenvalue weighted by Crippen LogP contribution is 2.10. The molecule has 0 aromatic heterocycles. The van der Waals surface area contributed by atoms with E-state index in [1.165, 1.54) is 0 Å². The van der Waals surface area contributed by atoms with Gasteiger partial charge in [0.1, 0.15) is 0 Å². The van der Waals surface area contributed by atoms with Crippen LogP contribution in [0.1, 0.15) is 30.4 Å². The summed E-state index contributed by atoms with van der Waals surface area (Å²) in [5.74, 6) is 0.0323. The van der Waals surface area contributed by atoms with Gasteiger partial charge in [0, 0.05) is 19.6 Å². The summed E-state index contributed by atoms with van der Waals surface area (Å²) in [5.41, 5.74) is 1.89. The third kappa shape index (κ3) is 6.04. The van der Waals surface area contributed by atoms with Gasteiger partial charge in [0.05, 0.1) is 11.9 Å². The maximum atomic E-state index is 12.0. The van der Waals surface area contributed by atoms with Crippen molar-refractivity contribution >= 4 is 10.0 Å². The highest BCUT2D eigenvalue weighted by Gasteiger charge is 2.16. The molecule has 0 amide bonds. The molecule has 124 valence electrons. The molecule has 2 rings (SSSR count). The third-order valence-electron chi connectivity index (χ3n) is 3.97. The Hall–Kier alpha value is -0.950. The maximum Gasteiger partial charge on any atom is 0.215 e. The number of nitrogens with one attached hydrogen (secondary N) is 1. The van der Waals surface area contributed by atoms with Crippen LogP contribution in [0.25, 0.3) is 0 Å². The molecule has 1 saturated heterocycles. The van der Waals surface area contributed by atoms with E-state index in [4.69, 9.17) is 0 Å². The smallest absolute Gasteiger partial charge is 0.215 e. The summed E-state index contributed by atoms with van der Waals surface area (Å²) in [5, 5.41) is 9.45. The van der Waals surface area contributed by atoms with Crippen molar-refractivity contribution in [3.63, 3.8) is 0 Å². The molecule has 1 fully saturated rings. The van der Waals surface area contributed by atoms with Gasteiger partial charge in [-0.15, -0.1) is 0 Å². The number of sulfonamides is 1. The summed E-state index contributed by atoms with van der Waals surface area (Å²) in [6.07, 6.45) is 2.27. The number of rotatable bonds is 7. The first-order valence-electron chi connectivity index (χ1n) is 7.88. The largest absolute Gasteiger partial charge is 0.393 e. The molecule has 0 radical (unpaired) electrons. The van der Waals surface area contributed by atoms with Crippen molar-refractivity contribution in [2.75, 3.05) is 26.2 Å². The Kier molecular flexibility index (Phi) is 6.37. The summed E-state index contributed by atoms with van der Waals surface area (Å²) in [4.78, 5) is 2.28. The van der Waals surface area contributed by atoms with E-state index in [2.05, 4.69) is 9.62 Å². The molecule has 0 aliphatic carbocycles. The van der Waals surface area contributed by atoms with Crippen LogP contribution in [0.3, 0.4) is 0 Å². The van der Waals surface area contributed by atoms with Gasteiger partial charge in [-0.1, -0.05) is 29.8 Å². The molecule has 22 heavy (non-hydrogen) atoms. The molecule has 1 aliphatic rings. The zero-order valence-electron chi connectivity index (χ0n) is 13.2. The van der Waals surface area contributed by atoms with Gasteiger partial charge in [-0.05, 0) is 38.3 Å². The van der Waals surface area contributed by atoms with Gasteiger partial charge in [-0.3, -0.25) is 0 Å². The number of benzene rings is 1. The van der Waals surface area contributed by atoms with Gasteiger partial charge in [0.25, 0.3) is 0 Å². The summed E-state index contributed by atoms with van der Waals surface area (Å²) in [7, 11) is -3.27. The Labute approximate surface area is 133 Å². The number of hydrogen-bond donors (Lipinski definition) is 2. The Balaban J connectivity index is 1.69. The highest BCUT2D eigenvalue weighted by atomic mass is 32.2. The molecule has 1 heterocycles. The van der Waals surface area contributed by atoms with Gasteiger partial charge in [0.15, 0.2) is 0 Å². The summed E-state index contributed by atoms with van der Waals surface area (Å²) < 4.78 is 26.8. The number of aliphatic hydroxyl groups excluding tert-OH is 1. The number of aryl methyl sites for hydroxylation is 1. The second-order valence-electron chi connectivity index (χ2n) is 6.07. The van der Waals surface area contributed by atoms with Crippen LogP contribution in [0.5, 0.6) is 0 Å². The van der Waals surface area contributed by atoms with Crippen LogP contribution in [0, 0.1) is 6.92 Å². The zero-order valence-corrected chi connectivity index (χ0v) is 14.0. The van der Waals surface area contributed by atoms with Crippen LogP contribution in [0.15, 0.2) is 24.3 Å². The minimum absolute atomic E-state index is 0.0323. The van der Waals surface area contributed by atoms with Gasteiger partial charge < -0.3 is 10.0 Å². The molecular weight excluding hydrogens is 300 g/mol. The molecule has 0 unspecified atom stereocenters. The molecule has 0 spiro atoms. The predicted molar refractivity (Wildman–Crippen MR) is 88.1 cm³/mol. The number of likely N-dealkylation sites (tertiary alicyclic amines) is 1. The van der Waals surface area contributed by atoms with E-state index in [0.717, 1.165) is 50.0 Å². The van der Waals surface area contributed by atoms with E-state index in [9.17, 15) is 13.5 Å². The minimum Gasteiger partial charge on any atom is -0.393 e. The van der Waals surface area contributed by atoms with Crippen LogP contribution >= 0.6 is 0 Å². The lowest BCUT2D eigenvalue weighted by Gasteiger charge is -2.29. The third-order valence-corrected chi connectivity index (χ3v) is 5.33. The topological polar surface area (TPSA) is 69.6 Å². The van der Waals surface area contributed by atoms with E-state index in [-0.39, 0.29) is 11.9 Å². The van der Waals surface area contributed by atoms with Crippen molar-refractivity contribution in [1.82, 2.24) is 9.62 Å². The fourth-order valence-electron chi connectivity index (χ4n) is 2.75. The molecule has 2 N–H and O–H groups in total. The molecule has 1 aromatic rings. The fourth-order valence-corrected chi connectivity index (χ4v) is 3.92. The quantitative estimate of drug-likeness (QED) is 0.740. The monoisotopic (exact) mass is 326 g/mol. The van der Waals surface area contributed by atoms with Crippen molar-refractivity contribution < 1.29 is 13.5 Å². The second-order valence-corrected chi connectivity index (χ2v) is 7.88. The van der Waals surface area contributed by atoms with Crippen molar-refractivity contribution in [3.8, 4) is 0 Å². The number of hydrogen-bond acceptors (Lipinski definition) is 4. The predicted octanol–water partition coefficient (Wildman–Crippen LogP) is 1.26. The number of piperidine rings is 1. The molecule has 0 bridgehead atoms. The van der Waals surface area contributed by atoms with Crippen LogP contribution in [0.2, 0.25) is 0 Å². The molecule has 1 aromatic carbocycles. The lowest BCUT2D eigenvalue weighted by atomic mass is 10.1.